The summed E-state index contributed by atoms with van der Waals surface area (Å²) in [6.45, 7) is 5.93. The number of hydrogen-bond acceptors (Lipinski definition) is 5. The van der Waals surface area contributed by atoms with Crippen LogP contribution in [0.3, 0.4) is 0 Å². The average Bonchev–Trinajstić information content (AvgIpc) is 2.74. The van der Waals surface area contributed by atoms with Gasteiger partial charge in [-0.15, -0.1) is 0 Å². The number of carbonyl (C=O) groups excluding carboxylic acids is 4. The van der Waals surface area contributed by atoms with Gasteiger partial charge in [-0.3, -0.25) is 14.4 Å². The van der Waals surface area contributed by atoms with Crippen LogP contribution in [0.5, 0.6) is 0 Å². The summed E-state index contributed by atoms with van der Waals surface area (Å²) >= 11 is 6.85. The smallest absolute Gasteiger partial charge is 0.312 e. The van der Waals surface area contributed by atoms with Crippen molar-refractivity contribution in [3.63, 3.8) is 0 Å². The first-order valence-corrected chi connectivity index (χ1v) is 13.2. The number of nitrogens with one attached hydrogen (secondary N) is 3. The van der Waals surface area contributed by atoms with Crippen LogP contribution < -0.4 is 21.7 Å². The van der Waals surface area contributed by atoms with Crippen molar-refractivity contribution < 1.29 is 23.9 Å². The van der Waals surface area contributed by atoms with E-state index in [-0.39, 0.29) is 36.4 Å². The van der Waals surface area contributed by atoms with Crippen molar-refractivity contribution in [2.75, 3.05) is 23.7 Å². The number of carbonyl (C=O) groups is 4. The maximum Gasteiger partial charge on any atom is 0.312 e. The molecule has 0 spiro atoms. The lowest BCUT2D eigenvalue weighted by molar-refractivity contribution is -0.129. The van der Waals surface area contributed by atoms with E-state index in [0.29, 0.717) is 32.2 Å². The van der Waals surface area contributed by atoms with Gasteiger partial charge in [-0.2, -0.15) is 0 Å². The normalized spacial score (nSPS) is 12.3. The van der Waals surface area contributed by atoms with Crippen LogP contribution in [0.2, 0.25) is 0 Å². The zero-order chi connectivity index (χ0) is 24.6. The van der Waals surface area contributed by atoms with Gasteiger partial charge < -0.3 is 26.4 Å². The van der Waals surface area contributed by atoms with E-state index in [2.05, 4.69) is 47.8 Å². The zero-order valence-electron chi connectivity index (χ0n) is 19.3. The van der Waals surface area contributed by atoms with Gasteiger partial charge >= 0.3 is 6.03 Å². The average molecular weight is 586 g/mol. The number of ether oxygens (including phenoxy) is 1. The number of ketones is 1. The summed E-state index contributed by atoms with van der Waals surface area (Å²) in [4.78, 5) is 46.9. The summed E-state index contributed by atoms with van der Waals surface area (Å²) < 4.78 is 6.03. The maximum atomic E-state index is 12.1. The Bertz CT molecular complexity index is 601. The molecular weight excluding hydrogens is 548 g/mol. The van der Waals surface area contributed by atoms with Crippen molar-refractivity contribution in [1.82, 2.24) is 16.0 Å². The van der Waals surface area contributed by atoms with E-state index >= 15 is 0 Å². The molecule has 9 nitrogen and oxygen atoms in total. The highest BCUT2D eigenvalue weighted by Gasteiger charge is 2.23. The number of amides is 4. The number of urea groups is 1. The van der Waals surface area contributed by atoms with E-state index in [9.17, 15) is 19.2 Å². The Hall–Kier alpha value is -1.20. The molecule has 0 saturated carbocycles. The third-order valence-corrected chi connectivity index (χ3v) is 6.19. The van der Waals surface area contributed by atoms with Crippen LogP contribution in [0.15, 0.2) is 0 Å². The van der Waals surface area contributed by atoms with Gasteiger partial charge in [0.15, 0.2) is 5.78 Å². The molecule has 0 bridgehead atoms. The summed E-state index contributed by atoms with van der Waals surface area (Å²) in [6, 6.07) is -1.28. The van der Waals surface area contributed by atoms with Crippen molar-refractivity contribution in [3.05, 3.63) is 0 Å². The molecule has 0 aliphatic rings. The van der Waals surface area contributed by atoms with Gasteiger partial charge in [-0.25, -0.2) is 4.79 Å². The Morgan fingerprint density at radius 2 is 1.66 bits per heavy atom. The lowest BCUT2D eigenvalue weighted by Gasteiger charge is -2.29. The van der Waals surface area contributed by atoms with E-state index in [4.69, 9.17) is 10.5 Å². The number of rotatable bonds is 18. The molecule has 0 aromatic carbocycles. The third-order valence-electron chi connectivity index (χ3n) is 4.75. The predicted molar refractivity (Wildman–Crippen MR) is 132 cm³/mol. The van der Waals surface area contributed by atoms with E-state index in [0.717, 1.165) is 23.5 Å². The molecule has 5 N–H and O–H groups in total. The first-order chi connectivity index (χ1) is 15.0. The molecule has 1 atom stereocenters. The lowest BCUT2D eigenvalue weighted by atomic mass is 10.00. The van der Waals surface area contributed by atoms with Crippen LogP contribution in [-0.2, 0) is 19.1 Å². The molecule has 0 unspecified atom stereocenters. The van der Waals surface area contributed by atoms with Gasteiger partial charge in [-0.05, 0) is 39.5 Å². The van der Waals surface area contributed by atoms with Crippen LogP contribution in [0.4, 0.5) is 4.79 Å². The SMILES string of the molecule is CCC(=O)[C@H](CCCNC(N)=O)NC(=O)CNC(=O)CCCCC(C)(C)OC(CBr)CBr. The van der Waals surface area contributed by atoms with E-state index in [1.165, 1.54) is 0 Å². The summed E-state index contributed by atoms with van der Waals surface area (Å²) in [5.74, 6) is -0.726. The van der Waals surface area contributed by atoms with Crippen molar-refractivity contribution in [2.45, 2.75) is 83.5 Å². The minimum Gasteiger partial charge on any atom is -0.371 e. The van der Waals surface area contributed by atoms with E-state index in [1.807, 2.05) is 13.8 Å². The first-order valence-electron chi connectivity index (χ1n) is 11.0. The highest BCUT2D eigenvalue weighted by molar-refractivity contribution is 9.09. The molecule has 0 aliphatic heterocycles. The van der Waals surface area contributed by atoms with Gasteiger partial charge in [0.05, 0.1) is 24.3 Å². The standard InChI is InChI=1S/C21H38Br2N4O5/c1-4-17(28)16(8-7-11-25-20(24)31)27-19(30)14-26-18(29)9-5-6-10-21(2,3)32-15(12-22)13-23/h15-16H,4-14H2,1-3H3,(H,26,29)(H,27,30)(H3,24,25,31)/t16-/m0/s1. The van der Waals surface area contributed by atoms with Gasteiger partial charge in [0.1, 0.15) is 0 Å². The zero-order valence-corrected chi connectivity index (χ0v) is 22.5. The fraction of sp³-hybridized carbons (Fsp3) is 0.810. The molecule has 0 aliphatic carbocycles. The quantitative estimate of drug-likeness (QED) is 0.145. The van der Waals surface area contributed by atoms with Crippen LogP contribution >= 0.6 is 31.9 Å². The number of halogens is 2. The Morgan fingerprint density at radius 1 is 1.00 bits per heavy atom. The lowest BCUT2D eigenvalue weighted by Crippen LogP contribution is -2.45. The molecule has 0 saturated heterocycles. The highest BCUT2D eigenvalue weighted by atomic mass is 79.9. The number of primary amides is 1. The van der Waals surface area contributed by atoms with Gasteiger partial charge in [0.25, 0.3) is 0 Å². The van der Waals surface area contributed by atoms with Gasteiger partial charge in [0, 0.05) is 30.0 Å². The summed E-state index contributed by atoms with van der Waals surface area (Å²) in [5.41, 5.74) is 4.72. The van der Waals surface area contributed by atoms with Gasteiger partial charge in [-0.1, -0.05) is 45.2 Å². The molecule has 186 valence electrons. The van der Waals surface area contributed by atoms with Crippen molar-refractivity contribution >= 4 is 55.5 Å². The molecule has 11 heteroatoms. The largest absolute Gasteiger partial charge is 0.371 e. The number of nitrogens with two attached hydrogens (primary N) is 1. The Kier molecular flexibility index (Phi) is 16.7. The molecule has 0 aromatic rings. The second-order valence-electron chi connectivity index (χ2n) is 8.17. The monoisotopic (exact) mass is 584 g/mol. The molecule has 4 amide bonds. The van der Waals surface area contributed by atoms with E-state index < -0.39 is 18.0 Å². The Labute approximate surface area is 208 Å². The summed E-state index contributed by atoms with van der Waals surface area (Å²) in [7, 11) is 0. The second kappa shape index (κ2) is 17.3. The molecule has 0 aromatic heterocycles. The van der Waals surface area contributed by atoms with Crippen molar-refractivity contribution in [3.8, 4) is 0 Å². The highest BCUT2D eigenvalue weighted by Crippen LogP contribution is 2.22. The number of alkyl halides is 2. The Balaban J connectivity index is 4.22. The topological polar surface area (TPSA) is 140 Å². The van der Waals surface area contributed by atoms with Crippen LogP contribution in [0, 0.1) is 0 Å². The first kappa shape index (κ1) is 30.8. The third kappa shape index (κ3) is 15.6. The fourth-order valence-electron chi connectivity index (χ4n) is 3.04. The molecule has 0 rings (SSSR count). The van der Waals surface area contributed by atoms with Crippen molar-refractivity contribution in [1.29, 1.82) is 0 Å². The number of unbranched alkanes of at least 4 members (excludes halogenated alkanes) is 1. The van der Waals surface area contributed by atoms with Crippen LogP contribution in [0.25, 0.3) is 0 Å². The molecule has 0 radical (unpaired) electrons. The van der Waals surface area contributed by atoms with Crippen molar-refractivity contribution in [2.24, 2.45) is 5.73 Å². The summed E-state index contributed by atoms with van der Waals surface area (Å²) in [5, 5.41) is 9.20. The van der Waals surface area contributed by atoms with Gasteiger partial charge in [0.2, 0.25) is 11.8 Å². The fourth-order valence-corrected chi connectivity index (χ4v) is 4.38. The number of hydrogen-bond donors (Lipinski definition) is 4. The molecule has 0 fully saturated rings. The summed E-state index contributed by atoms with van der Waals surface area (Å²) in [6.07, 6.45) is 3.92. The van der Waals surface area contributed by atoms with Crippen LogP contribution in [0.1, 0.15) is 65.7 Å². The maximum absolute atomic E-state index is 12.1. The minimum absolute atomic E-state index is 0.0923. The molecular formula is C21H38Br2N4O5. The number of Topliss-reactive ketones (excluding diaryl/α,β-unsaturated/α-hetero) is 1. The molecule has 0 heterocycles. The minimum atomic E-state index is -0.649. The molecule has 32 heavy (non-hydrogen) atoms. The second-order valence-corrected chi connectivity index (χ2v) is 9.46. The predicted octanol–water partition coefficient (Wildman–Crippen LogP) is 2.53. The van der Waals surface area contributed by atoms with E-state index in [1.54, 1.807) is 6.92 Å². The van der Waals surface area contributed by atoms with Crippen LogP contribution in [-0.4, -0.2) is 65.1 Å². The Morgan fingerprint density at radius 3 is 2.22 bits per heavy atom.